The molecular formula is C48H56ClFN10O7. The van der Waals surface area contributed by atoms with Crippen molar-refractivity contribution in [2.75, 3.05) is 68.0 Å². The van der Waals surface area contributed by atoms with Crippen LogP contribution in [-0.4, -0.2) is 125 Å². The lowest BCUT2D eigenvalue weighted by Gasteiger charge is -2.57. The Hall–Kier alpha value is -5.85. The second-order valence-electron chi connectivity index (χ2n) is 19.3. The number of likely N-dealkylation sites (N-methyl/N-ethyl adjacent to an activating group) is 1. The number of benzene rings is 2. The molecule has 17 nitrogen and oxygen atoms in total. The molecule has 3 N–H and O–H groups in total. The molecule has 5 fully saturated rings. The van der Waals surface area contributed by atoms with Gasteiger partial charge in [0.1, 0.15) is 11.1 Å². The van der Waals surface area contributed by atoms with Crippen LogP contribution in [0.4, 0.5) is 27.5 Å². The van der Waals surface area contributed by atoms with Gasteiger partial charge in [-0.1, -0.05) is 11.6 Å². The fourth-order valence-electron chi connectivity index (χ4n) is 10.8. The van der Waals surface area contributed by atoms with Gasteiger partial charge in [0.15, 0.2) is 24.0 Å². The molecule has 19 heteroatoms. The van der Waals surface area contributed by atoms with E-state index in [0.29, 0.717) is 45.3 Å². The van der Waals surface area contributed by atoms with Crippen LogP contribution in [0.2, 0.25) is 5.02 Å². The van der Waals surface area contributed by atoms with Crippen molar-refractivity contribution >= 4 is 69.3 Å². The number of anilines is 4. The van der Waals surface area contributed by atoms with E-state index in [2.05, 4.69) is 35.6 Å². The van der Waals surface area contributed by atoms with Crippen molar-refractivity contribution in [2.45, 2.75) is 102 Å². The van der Waals surface area contributed by atoms with Crippen LogP contribution in [-0.2, 0) is 25.7 Å². The largest absolute Gasteiger partial charge is 0.478 e. The second-order valence-corrected chi connectivity index (χ2v) is 19.7. The van der Waals surface area contributed by atoms with Crippen molar-refractivity contribution in [3.05, 3.63) is 74.9 Å². The van der Waals surface area contributed by atoms with Crippen LogP contribution in [0.15, 0.2) is 47.4 Å². The monoisotopic (exact) mass is 938 g/mol. The molecule has 1 unspecified atom stereocenters. The van der Waals surface area contributed by atoms with Gasteiger partial charge in [0.25, 0.3) is 17.4 Å². The van der Waals surface area contributed by atoms with Crippen molar-refractivity contribution in [1.29, 1.82) is 0 Å². The average Bonchev–Trinajstić information content (AvgIpc) is 3.63. The van der Waals surface area contributed by atoms with Crippen LogP contribution in [0.5, 0.6) is 5.75 Å². The van der Waals surface area contributed by atoms with Gasteiger partial charge < -0.3 is 44.3 Å². The number of fused-ring (bicyclic) bond motifs is 2. The van der Waals surface area contributed by atoms with Crippen LogP contribution in [0.1, 0.15) is 87.2 Å². The van der Waals surface area contributed by atoms with Crippen molar-refractivity contribution < 1.29 is 33.0 Å². The van der Waals surface area contributed by atoms with Gasteiger partial charge in [-0.15, -0.1) is 0 Å². The number of nitrogens with one attached hydrogen (secondary N) is 3. The van der Waals surface area contributed by atoms with Crippen LogP contribution >= 0.6 is 11.6 Å². The standard InChI is InChI=1S/C48H56ClFN10O7/c1-27(2)60-36-6-4-29(18-28(36)19-39(46(60)65)66-24-41(62)51-3)53-43-35(49)22-52-47(55-43)57-14-10-31(11-15-57)67-32-20-30(21-32)56-16-12-48(13-17-56)25-58(26-48)37-7-5-33-34(42(37)50)23-59(45(33)64)38-8-9-40(61)54-44(38)63/h4-7,18-19,22,27,30-32,38H,8-17,20-21,23-26H2,1-3H3,(H,51,62)(H,52,53,55)(H,54,61,63)/t30-,32-,38?. The van der Waals surface area contributed by atoms with Gasteiger partial charge in [-0.25, -0.2) is 9.37 Å². The third-order valence-electron chi connectivity index (χ3n) is 14.7. The minimum absolute atomic E-state index is 0.0292. The zero-order valence-electron chi connectivity index (χ0n) is 38.0. The van der Waals surface area contributed by atoms with Gasteiger partial charge >= 0.3 is 0 Å². The summed E-state index contributed by atoms with van der Waals surface area (Å²) in [6.45, 7) is 8.70. The number of imide groups is 1. The highest BCUT2D eigenvalue weighted by molar-refractivity contribution is 6.33. The van der Waals surface area contributed by atoms with E-state index in [4.69, 9.17) is 26.1 Å². The SMILES string of the molecule is CNC(=O)COc1cc2cc(Nc3nc(N4CCC(O[C@H]5C[C@H](N6CCC7(CC6)CN(c6ccc8c(c6F)CN(C6CCC(=O)NC6=O)C8=O)C7)C5)CC4)ncc3Cl)ccc2n(C(C)C)c1=O. The molecule has 67 heavy (non-hydrogen) atoms. The molecule has 2 aromatic carbocycles. The molecular weight excluding hydrogens is 883 g/mol. The van der Waals surface area contributed by atoms with Crippen molar-refractivity contribution in [3.8, 4) is 5.75 Å². The summed E-state index contributed by atoms with van der Waals surface area (Å²) in [5.74, 6) is -0.802. The van der Waals surface area contributed by atoms with E-state index in [1.54, 1.807) is 29.0 Å². The predicted octanol–water partition coefficient (Wildman–Crippen LogP) is 4.91. The summed E-state index contributed by atoms with van der Waals surface area (Å²) in [6, 6.07) is 10.3. The number of halogens is 2. The Kier molecular flexibility index (Phi) is 12.1. The van der Waals surface area contributed by atoms with Crippen LogP contribution < -0.4 is 36.0 Å². The maximum atomic E-state index is 16.0. The van der Waals surface area contributed by atoms with Crippen LogP contribution in [0, 0.1) is 11.2 Å². The summed E-state index contributed by atoms with van der Waals surface area (Å²) in [6.07, 6.45) is 8.32. The lowest BCUT2D eigenvalue weighted by Crippen LogP contribution is -2.62. The molecule has 10 rings (SSSR count). The molecule has 5 aliphatic heterocycles. The van der Waals surface area contributed by atoms with Gasteiger partial charge in [-0.3, -0.25) is 29.3 Å². The highest BCUT2D eigenvalue weighted by atomic mass is 35.5. The zero-order valence-corrected chi connectivity index (χ0v) is 38.7. The molecule has 1 saturated carbocycles. The van der Waals surface area contributed by atoms with E-state index in [9.17, 15) is 24.0 Å². The predicted molar refractivity (Wildman–Crippen MR) is 250 cm³/mol. The van der Waals surface area contributed by atoms with E-state index in [1.165, 1.54) is 11.9 Å². The molecule has 1 atom stereocenters. The first kappa shape index (κ1) is 45.0. The Morgan fingerprint density at radius 3 is 2.46 bits per heavy atom. The van der Waals surface area contributed by atoms with Crippen molar-refractivity contribution in [1.82, 2.24) is 35.0 Å². The van der Waals surface area contributed by atoms with Gasteiger partial charge in [-0.05, 0) is 108 Å². The Labute approximate surface area is 392 Å². The van der Waals surface area contributed by atoms with E-state index in [-0.39, 0.29) is 84.5 Å². The first-order chi connectivity index (χ1) is 32.3. The fraction of sp³-hybridized carbons (Fsp3) is 0.521. The van der Waals surface area contributed by atoms with E-state index >= 15 is 4.39 Å². The highest BCUT2D eigenvalue weighted by Crippen LogP contribution is 2.46. The zero-order chi connectivity index (χ0) is 46.7. The number of hydrogen-bond donors (Lipinski definition) is 3. The summed E-state index contributed by atoms with van der Waals surface area (Å²) < 4.78 is 29.9. The third kappa shape index (κ3) is 8.67. The van der Waals surface area contributed by atoms with Gasteiger partial charge in [0.05, 0.1) is 36.2 Å². The number of rotatable bonds is 12. The number of carbonyl (C=O) groups is 4. The molecule has 354 valence electrons. The molecule has 4 aromatic rings. The minimum Gasteiger partial charge on any atom is -0.478 e. The number of piperidine rings is 3. The molecule has 0 radical (unpaired) electrons. The normalized spacial score (nSPS) is 23.0. The molecule has 6 aliphatic rings. The maximum Gasteiger partial charge on any atom is 0.293 e. The van der Waals surface area contributed by atoms with Gasteiger partial charge in [0.2, 0.25) is 17.8 Å². The summed E-state index contributed by atoms with van der Waals surface area (Å²) in [5, 5.41) is 9.26. The molecule has 2 aromatic heterocycles. The van der Waals surface area contributed by atoms with E-state index in [1.807, 2.05) is 32.0 Å². The molecule has 7 heterocycles. The first-order valence-electron chi connectivity index (χ1n) is 23.4. The summed E-state index contributed by atoms with van der Waals surface area (Å²) >= 11 is 6.61. The van der Waals surface area contributed by atoms with Crippen LogP contribution in [0.25, 0.3) is 10.9 Å². The van der Waals surface area contributed by atoms with E-state index < -0.39 is 11.9 Å². The lowest BCUT2D eigenvalue weighted by atomic mass is 9.71. The summed E-state index contributed by atoms with van der Waals surface area (Å²) in [5.41, 5.74) is 2.43. The topological polar surface area (TPSA) is 184 Å². The Morgan fingerprint density at radius 2 is 1.75 bits per heavy atom. The number of carbonyl (C=O) groups excluding carboxylic acids is 4. The van der Waals surface area contributed by atoms with Gasteiger partial charge in [0, 0.05) is 79.3 Å². The molecule has 4 amide bonds. The minimum atomic E-state index is -0.771. The number of nitrogens with zero attached hydrogens (tertiary/aromatic N) is 7. The third-order valence-corrected chi connectivity index (χ3v) is 15.0. The number of hydrogen-bond acceptors (Lipinski definition) is 13. The smallest absolute Gasteiger partial charge is 0.293 e. The van der Waals surface area contributed by atoms with Crippen molar-refractivity contribution in [3.63, 3.8) is 0 Å². The summed E-state index contributed by atoms with van der Waals surface area (Å²) in [4.78, 5) is 80.0. The van der Waals surface area contributed by atoms with Crippen LogP contribution in [0.3, 0.4) is 0 Å². The number of likely N-dealkylation sites (tertiary alicyclic amines) is 1. The second kappa shape index (κ2) is 18.0. The highest BCUT2D eigenvalue weighted by Gasteiger charge is 2.49. The summed E-state index contributed by atoms with van der Waals surface area (Å²) in [7, 11) is 1.51. The Bertz CT molecular complexity index is 2690. The number of amides is 4. The first-order valence-corrected chi connectivity index (χ1v) is 23.8. The number of aromatic nitrogens is 3. The Balaban J connectivity index is 0.677. The molecule has 1 spiro atoms. The average molecular weight is 939 g/mol. The molecule has 0 bridgehead atoms. The Morgan fingerprint density at radius 1 is 0.985 bits per heavy atom. The number of pyridine rings is 1. The lowest BCUT2D eigenvalue weighted by molar-refractivity contribution is -0.137. The van der Waals surface area contributed by atoms with E-state index in [0.717, 1.165) is 88.7 Å². The quantitative estimate of drug-likeness (QED) is 0.163. The fourth-order valence-corrected chi connectivity index (χ4v) is 11.0. The van der Waals surface area contributed by atoms with Gasteiger partial charge in [-0.2, -0.15) is 4.98 Å². The molecule has 1 aliphatic carbocycles. The maximum absolute atomic E-state index is 16.0. The molecule has 4 saturated heterocycles. The van der Waals surface area contributed by atoms with Crippen molar-refractivity contribution in [2.24, 2.45) is 5.41 Å². The number of ether oxygens (including phenoxy) is 2.